The number of halogens is 1. The van der Waals surface area contributed by atoms with E-state index in [4.69, 9.17) is 11.6 Å². The Morgan fingerprint density at radius 2 is 1.65 bits per heavy atom. The fourth-order valence-corrected chi connectivity index (χ4v) is 5.17. The minimum atomic E-state index is -3.60. The third-order valence-electron chi connectivity index (χ3n) is 5.39. The molecular formula is C18H26ClN3O3S. The van der Waals surface area contributed by atoms with Crippen LogP contribution in [0.5, 0.6) is 0 Å². The van der Waals surface area contributed by atoms with Gasteiger partial charge in [-0.2, -0.15) is 0 Å². The third-order valence-corrected chi connectivity index (χ3v) is 7.12. The van der Waals surface area contributed by atoms with Gasteiger partial charge in [-0.3, -0.25) is 9.69 Å². The van der Waals surface area contributed by atoms with Crippen molar-refractivity contribution >= 4 is 27.5 Å². The van der Waals surface area contributed by atoms with E-state index in [1.807, 2.05) is 0 Å². The van der Waals surface area contributed by atoms with Crippen LogP contribution in [0.25, 0.3) is 0 Å². The van der Waals surface area contributed by atoms with Crippen LogP contribution in [-0.4, -0.2) is 50.9 Å². The molecule has 1 aromatic rings. The fourth-order valence-electron chi connectivity index (χ4n) is 4.01. The average Bonchev–Trinajstić information content (AvgIpc) is 3.30. The second-order valence-electron chi connectivity index (χ2n) is 7.04. The van der Waals surface area contributed by atoms with Gasteiger partial charge in [0, 0.05) is 18.1 Å². The highest BCUT2D eigenvalue weighted by Gasteiger charge is 2.46. The molecule has 1 saturated carbocycles. The summed E-state index contributed by atoms with van der Waals surface area (Å²) in [5.41, 5.74) is -0.383. The first-order chi connectivity index (χ1) is 12.4. The molecule has 1 amide bonds. The van der Waals surface area contributed by atoms with Gasteiger partial charge in [0.2, 0.25) is 15.9 Å². The minimum Gasteiger partial charge on any atom is -0.353 e. The fraction of sp³-hybridized carbons (Fsp3) is 0.611. The van der Waals surface area contributed by atoms with Crippen molar-refractivity contribution < 1.29 is 13.2 Å². The summed E-state index contributed by atoms with van der Waals surface area (Å²) in [6.07, 6.45) is 6.25. The maximum atomic E-state index is 12.8. The van der Waals surface area contributed by atoms with E-state index >= 15 is 0 Å². The van der Waals surface area contributed by atoms with Crippen LogP contribution in [0.15, 0.2) is 29.2 Å². The van der Waals surface area contributed by atoms with Crippen molar-refractivity contribution in [1.29, 1.82) is 0 Å². The molecular weight excluding hydrogens is 374 g/mol. The van der Waals surface area contributed by atoms with Gasteiger partial charge in [0.1, 0.15) is 5.54 Å². The lowest BCUT2D eigenvalue weighted by Crippen LogP contribution is -2.57. The molecule has 0 bridgehead atoms. The monoisotopic (exact) mass is 399 g/mol. The molecule has 6 nitrogen and oxygen atoms in total. The topological polar surface area (TPSA) is 78.5 Å². The van der Waals surface area contributed by atoms with Crippen molar-refractivity contribution in [2.45, 2.75) is 49.0 Å². The smallest absolute Gasteiger partial charge is 0.240 e. The molecule has 2 N–H and O–H groups in total. The maximum Gasteiger partial charge on any atom is 0.240 e. The highest BCUT2D eigenvalue weighted by Crippen LogP contribution is 2.37. The molecule has 8 heteroatoms. The van der Waals surface area contributed by atoms with E-state index in [0.29, 0.717) is 5.02 Å². The molecule has 1 aliphatic heterocycles. The van der Waals surface area contributed by atoms with Crippen LogP contribution in [-0.2, 0) is 14.8 Å². The summed E-state index contributed by atoms with van der Waals surface area (Å²) in [6, 6.07) is 6.00. The largest absolute Gasteiger partial charge is 0.353 e. The Balaban J connectivity index is 1.52. The SMILES string of the molecule is O=C(NCCNS(=O)(=O)c1ccc(Cl)cc1)C1(N2CCCC2)CCCC1. The maximum absolute atomic E-state index is 12.8. The lowest BCUT2D eigenvalue weighted by molar-refractivity contribution is -0.132. The van der Waals surface area contributed by atoms with Crippen LogP contribution >= 0.6 is 11.6 Å². The van der Waals surface area contributed by atoms with Gasteiger partial charge in [-0.1, -0.05) is 24.4 Å². The Hall–Kier alpha value is -1.15. The first-order valence-electron chi connectivity index (χ1n) is 9.23. The van der Waals surface area contributed by atoms with E-state index in [1.54, 1.807) is 0 Å². The molecule has 0 aromatic heterocycles. The summed E-state index contributed by atoms with van der Waals surface area (Å²) in [6.45, 7) is 2.40. The first kappa shape index (κ1) is 19.6. The first-order valence-corrected chi connectivity index (χ1v) is 11.1. The van der Waals surface area contributed by atoms with E-state index in [-0.39, 0.29) is 29.4 Å². The number of benzene rings is 1. The number of nitrogens with zero attached hydrogens (tertiary/aromatic N) is 1. The average molecular weight is 400 g/mol. The standard InChI is InChI=1S/C18H26ClN3O3S/c19-15-5-7-16(8-6-15)26(24,25)21-12-11-20-17(23)18(9-1-2-10-18)22-13-3-4-14-22/h5-8,21H,1-4,9-14H2,(H,20,23). The summed E-state index contributed by atoms with van der Waals surface area (Å²) in [5.74, 6) is 0.0441. The van der Waals surface area contributed by atoms with Crippen LogP contribution in [0.4, 0.5) is 0 Å². The number of amides is 1. The van der Waals surface area contributed by atoms with Gasteiger partial charge in [0.15, 0.2) is 0 Å². The van der Waals surface area contributed by atoms with E-state index in [1.165, 1.54) is 24.3 Å². The van der Waals surface area contributed by atoms with Crippen molar-refractivity contribution in [1.82, 2.24) is 14.9 Å². The molecule has 3 rings (SSSR count). The Bertz CT molecular complexity index is 725. The molecule has 1 saturated heterocycles. The number of hydrogen-bond acceptors (Lipinski definition) is 4. The van der Waals surface area contributed by atoms with Crippen LogP contribution in [0.2, 0.25) is 5.02 Å². The molecule has 0 spiro atoms. The minimum absolute atomic E-state index is 0.0441. The van der Waals surface area contributed by atoms with Crippen molar-refractivity contribution in [3.8, 4) is 0 Å². The normalized spacial score (nSPS) is 20.3. The molecule has 0 unspecified atom stereocenters. The lowest BCUT2D eigenvalue weighted by Gasteiger charge is -2.37. The van der Waals surface area contributed by atoms with Crippen molar-refractivity contribution in [3.05, 3.63) is 29.3 Å². The quantitative estimate of drug-likeness (QED) is 0.688. The lowest BCUT2D eigenvalue weighted by atomic mass is 9.94. The van der Waals surface area contributed by atoms with Gasteiger partial charge in [-0.15, -0.1) is 0 Å². The molecule has 1 aliphatic carbocycles. The molecule has 144 valence electrons. The third kappa shape index (κ3) is 4.22. The summed E-state index contributed by atoms with van der Waals surface area (Å²) < 4.78 is 27.0. The molecule has 0 radical (unpaired) electrons. The van der Waals surface area contributed by atoms with Crippen molar-refractivity contribution in [2.75, 3.05) is 26.2 Å². The molecule has 1 aromatic carbocycles. The molecule has 26 heavy (non-hydrogen) atoms. The second kappa shape index (κ2) is 8.25. The molecule has 2 fully saturated rings. The van der Waals surface area contributed by atoms with Crippen molar-refractivity contribution in [3.63, 3.8) is 0 Å². The van der Waals surface area contributed by atoms with Crippen molar-refractivity contribution in [2.24, 2.45) is 0 Å². The van der Waals surface area contributed by atoms with E-state index in [0.717, 1.165) is 51.6 Å². The number of rotatable bonds is 7. The second-order valence-corrected chi connectivity index (χ2v) is 9.24. The zero-order valence-corrected chi connectivity index (χ0v) is 16.4. The number of nitrogens with one attached hydrogen (secondary N) is 2. The van der Waals surface area contributed by atoms with Crippen LogP contribution in [0, 0.1) is 0 Å². The zero-order chi connectivity index (χ0) is 18.6. The highest BCUT2D eigenvalue weighted by molar-refractivity contribution is 7.89. The molecule has 0 atom stereocenters. The Labute approximate surface area is 160 Å². The number of hydrogen-bond donors (Lipinski definition) is 2. The van der Waals surface area contributed by atoms with Gasteiger partial charge >= 0.3 is 0 Å². The highest BCUT2D eigenvalue weighted by atomic mass is 35.5. The summed E-state index contributed by atoms with van der Waals surface area (Å²) >= 11 is 5.79. The Morgan fingerprint density at radius 1 is 1.04 bits per heavy atom. The van der Waals surface area contributed by atoms with Gasteiger partial charge in [0.05, 0.1) is 4.90 Å². The Kier molecular flexibility index (Phi) is 6.22. The summed E-state index contributed by atoms with van der Waals surface area (Å²) in [7, 11) is -3.60. The summed E-state index contributed by atoms with van der Waals surface area (Å²) in [5, 5.41) is 3.43. The number of likely N-dealkylation sites (tertiary alicyclic amines) is 1. The Morgan fingerprint density at radius 3 is 2.27 bits per heavy atom. The number of carbonyl (C=O) groups is 1. The van der Waals surface area contributed by atoms with Crippen LogP contribution in [0.3, 0.4) is 0 Å². The van der Waals surface area contributed by atoms with Gasteiger partial charge in [-0.05, 0) is 63.0 Å². The zero-order valence-electron chi connectivity index (χ0n) is 14.8. The summed E-state index contributed by atoms with van der Waals surface area (Å²) in [4.78, 5) is 15.3. The van der Waals surface area contributed by atoms with Gasteiger partial charge in [-0.25, -0.2) is 13.1 Å². The van der Waals surface area contributed by atoms with Gasteiger partial charge < -0.3 is 5.32 Å². The molecule has 2 aliphatic rings. The van der Waals surface area contributed by atoms with Crippen LogP contribution in [0.1, 0.15) is 38.5 Å². The number of carbonyl (C=O) groups excluding carboxylic acids is 1. The predicted octanol–water partition coefficient (Wildman–Crippen LogP) is 2.14. The van der Waals surface area contributed by atoms with Gasteiger partial charge in [0.25, 0.3) is 0 Å². The number of sulfonamides is 1. The predicted molar refractivity (Wildman–Crippen MR) is 102 cm³/mol. The van der Waals surface area contributed by atoms with E-state index in [9.17, 15) is 13.2 Å². The van der Waals surface area contributed by atoms with Crippen LogP contribution < -0.4 is 10.0 Å². The van der Waals surface area contributed by atoms with E-state index in [2.05, 4.69) is 14.9 Å². The molecule has 1 heterocycles. The van der Waals surface area contributed by atoms with E-state index < -0.39 is 10.0 Å².